The Morgan fingerprint density at radius 3 is 2.40 bits per heavy atom. The molecule has 1 aliphatic rings. The standard InChI is InChI=1S/C17H26O3/c1-4-19-16-9-13(10-16)11-17(18)14-5-7-15(8-6-14)20-12(2)3/h5-8,12-13,16-18H,4,9-11H2,1-3H3. The number of hydrogen-bond donors (Lipinski definition) is 1. The van der Waals surface area contributed by atoms with Gasteiger partial charge in [-0.25, -0.2) is 0 Å². The Hall–Kier alpha value is -1.06. The van der Waals surface area contributed by atoms with E-state index < -0.39 is 0 Å². The van der Waals surface area contributed by atoms with Crippen molar-refractivity contribution in [2.75, 3.05) is 6.61 Å². The fourth-order valence-corrected chi connectivity index (χ4v) is 2.73. The van der Waals surface area contributed by atoms with Crippen LogP contribution in [0.25, 0.3) is 0 Å². The van der Waals surface area contributed by atoms with Gasteiger partial charge in [-0.1, -0.05) is 12.1 Å². The first-order chi connectivity index (χ1) is 9.58. The molecule has 1 saturated carbocycles. The van der Waals surface area contributed by atoms with Gasteiger partial charge in [0.05, 0.1) is 18.3 Å². The van der Waals surface area contributed by atoms with E-state index >= 15 is 0 Å². The SMILES string of the molecule is CCOC1CC(CC(O)c2ccc(OC(C)C)cc2)C1. The van der Waals surface area contributed by atoms with Crippen LogP contribution in [0.15, 0.2) is 24.3 Å². The lowest BCUT2D eigenvalue weighted by molar-refractivity contribution is -0.0380. The molecule has 0 saturated heterocycles. The van der Waals surface area contributed by atoms with Crippen molar-refractivity contribution in [1.29, 1.82) is 0 Å². The highest BCUT2D eigenvalue weighted by Crippen LogP contribution is 2.37. The largest absolute Gasteiger partial charge is 0.491 e. The second-order valence-corrected chi connectivity index (χ2v) is 5.90. The summed E-state index contributed by atoms with van der Waals surface area (Å²) >= 11 is 0. The summed E-state index contributed by atoms with van der Waals surface area (Å²) < 4.78 is 11.2. The topological polar surface area (TPSA) is 38.7 Å². The van der Waals surface area contributed by atoms with Gasteiger partial charge in [-0.15, -0.1) is 0 Å². The molecule has 0 aliphatic heterocycles. The summed E-state index contributed by atoms with van der Waals surface area (Å²) in [6, 6.07) is 7.78. The highest BCUT2D eigenvalue weighted by molar-refractivity contribution is 5.28. The van der Waals surface area contributed by atoms with E-state index in [0.717, 1.165) is 37.2 Å². The van der Waals surface area contributed by atoms with Crippen molar-refractivity contribution in [3.63, 3.8) is 0 Å². The molecule has 1 atom stereocenters. The Kier molecular flexibility index (Phi) is 5.44. The minimum absolute atomic E-state index is 0.177. The Morgan fingerprint density at radius 1 is 1.20 bits per heavy atom. The molecule has 1 fully saturated rings. The maximum Gasteiger partial charge on any atom is 0.119 e. The molecule has 20 heavy (non-hydrogen) atoms. The second kappa shape index (κ2) is 7.09. The summed E-state index contributed by atoms with van der Waals surface area (Å²) in [6.07, 6.45) is 3.21. The smallest absolute Gasteiger partial charge is 0.119 e. The monoisotopic (exact) mass is 278 g/mol. The summed E-state index contributed by atoms with van der Waals surface area (Å²) in [5, 5.41) is 10.3. The summed E-state index contributed by atoms with van der Waals surface area (Å²) in [5.74, 6) is 1.45. The molecule has 3 nitrogen and oxygen atoms in total. The van der Waals surface area contributed by atoms with Gasteiger partial charge in [0.25, 0.3) is 0 Å². The van der Waals surface area contributed by atoms with E-state index in [1.165, 1.54) is 0 Å². The predicted molar refractivity (Wildman–Crippen MR) is 79.9 cm³/mol. The van der Waals surface area contributed by atoms with Gasteiger partial charge in [-0.2, -0.15) is 0 Å². The van der Waals surface area contributed by atoms with Crippen molar-refractivity contribution in [2.45, 2.75) is 58.3 Å². The van der Waals surface area contributed by atoms with E-state index in [9.17, 15) is 5.11 Å². The van der Waals surface area contributed by atoms with E-state index in [-0.39, 0.29) is 12.2 Å². The van der Waals surface area contributed by atoms with E-state index in [4.69, 9.17) is 9.47 Å². The van der Waals surface area contributed by atoms with Gasteiger partial charge in [0.1, 0.15) is 5.75 Å². The fraction of sp³-hybridized carbons (Fsp3) is 0.647. The number of rotatable bonds is 7. The maximum atomic E-state index is 10.3. The number of hydrogen-bond acceptors (Lipinski definition) is 3. The molecule has 1 aliphatic carbocycles. The molecule has 1 unspecified atom stereocenters. The third-order valence-corrected chi connectivity index (χ3v) is 3.79. The number of aliphatic hydroxyl groups is 1. The van der Waals surface area contributed by atoms with Crippen LogP contribution in [0.4, 0.5) is 0 Å². The average molecular weight is 278 g/mol. The van der Waals surface area contributed by atoms with Crippen LogP contribution < -0.4 is 4.74 Å². The third-order valence-electron chi connectivity index (χ3n) is 3.79. The molecule has 0 heterocycles. The molecular weight excluding hydrogens is 252 g/mol. The van der Waals surface area contributed by atoms with Crippen molar-refractivity contribution in [3.05, 3.63) is 29.8 Å². The molecule has 1 N–H and O–H groups in total. The Bertz CT molecular complexity index is 393. The predicted octanol–water partition coefficient (Wildman–Crippen LogP) is 3.71. The van der Waals surface area contributed by atoms with Crippen LogP contribution in [0.3, 0.4) is 0 Å². The number of ether oxygens (including phenoxy) is 2. The van der Waals surface area contributed by atoms with Crippen molar-refractivity contribution >= 4 is 0 Å². The molecule has 0 aromatic heterocycles. The first-order valence-electron chi connectivity index (χ1n) is 7.64. The Balaban J connectivity index is 1.79. The molecule has 1 aromatic carbocycles. The highest BCUT2D eigenvalue weighted by atomic mass is 16.5. The van der Waals surface area contributed by atoms with E-state index in [2.05, 4.69) is 0 Å². The molecule has 2 rings (SSSR count). The van der Waals surface area contributed by atoms with E-state index in [1.54, 1.807) is 0 Å². The number of aliphatic hydroxyl groups excluding tert-OH is 1. The first kappa shape index (κ1) is 15.3. The third kappa shape index (κ3) is 4.22. The van der Waals surface area contributed by atoms with Crippen molar-refractivity contribution < 1.29 is 14.6 Å². The summed E-state index contributed by atoms with van der Waals surface area (Å²) in [4.78, 5) is 0. The lowest BCUT2D eigenvalue weighted by Gasteiger charge is -2.36. The summed E-state index contributed by atoms with van der Waals surface area (Å²) in [5.41, 5.74) is 0.973. The fourth-order valence-electron chi connectivity index (χ4n) is 2.73. The molecule has 112 valence electrons. The molecule has 1 aromatic rings. The lowest BCUT2D eigenvalue weighted by Crippen LogP contribution is -2.32. The van der Waals surface area contributed by atoms with Crippen LogP contribution in [0.1, 0.15) is 51.7 Å². The Morgan fingerprint density at radius 2 is 1.85 bits per heavy atom. The van der Waals surface area contributed by atoms with Crippen molar-refractivity contribution in [2.24, 2.45) is 5.92 Å². The van der Waals surface area contributed by atoms with Crippen molar-refractivity contribution in [3.8, 4) is 5.75 Å². The Labute approximate surface area is 121 Å². The van der Waals surface area contributed by atoms with Gasteiger partial charge in [-0.05, 0) is 63.6 Å². The molecule has 0 spiro atoms. The molecule has 0 bridgehead atoms. The normalized spacial score (nSPS) is 23.4. The van der Waals surface area contributed by atoms with Gasteiger partial charge in [0.15, 0.2) is 0 Å². The molecular formula is C17H26O3. The second-order valence-electron chi connectivity index (χ2n) is 5.90. The van der Waals surface area contributed by atoms with Crippen LogP contribution in [-0.2, 0) is 4.74 Å². The lowest BCUT2D eigenvalue weighted by atomic mass is 9.78. The van der Waals surface area contributed by atoms with Crippen LogP contribution in [0, 0.1) is 5.92 Å². The zero-order chi connectivity index (χ0) is 14.5. The van der Waals surface area contributed by atoms with Crippen LogP contribution in [-0.4, -0.2) is 23.9 Å². The van der Waals surface area contributed by atoms with E-state index in [1.807, 2.05) is 45.0 Å². The van der Waals surface area contributed by atoms with Gasteiger partial charge >= 0.3 is 0 Å². The minimum atomic E-state index is -0.379. The molecule has 0 radical (unpaired) electrons. The van der Waals surface area contributed by atoms with Gasteiger partial charge in [0.2, 0.25) is 0 Å². The minimum Gasteiger partial charge on any atom is -0.491 e. The van der Waals surface area contributed by atoms with Crippen LogP contribution >= 0.6 is 0 Å². The molecule has 3 heteroatoms. The van der Waals surface area contributed by atoms with Crippen LogP contribution in [0.2, 0.25) is 0 Å². The quantitative estimate of drug-likeness (QED) is 0.826. The van der Waals surface area contributed by atoms with Crippen molar-refractivity contribution in [1.82, 2.24) is 0 Å². The first-order valence-corrected chi connectivity index (χ1v) is 7.64. The summed E-state index contributed by atoms with van der Waals surface area (Å²) in [7, 11) is 0. The zero-order valence-corrected chi connectivity index (χ0v) is 12.7. The average Bonchev–Trinajstić information content (AvgIpc) is 2.36. The van der Waals surface area contributed by atoms with Crippen LogP contribution in [0.5, 0.6) is 5.75 Å². The van der Waals surface area contributed by atoms with Gasteiger partial charge < -0.3 is 14.6 Å². The number of benzene rings is 1. The maximum absolute atomic E-state index is 10.3. The highest BCUT2D eigenvalue weighted by Gasteiger charge is 2.31. The van der Waals surface area contributed by atoms with Gasteiger partial charge in [-0.3, -0.25) is 0 Å². The zero-order valence-electron chi connectivity index (χ0n) is 12.7. The van der Waals surface area contributed by atoms with E-state index in [0.29, 0.717) is 12.0 Å². The van der Waals surface area contributed by atoms with Gasteiger partial charge in [0, 0.05) is 6.61 Å². The molecule has 0 amide bonds. The summed E-state index contributed by atoms with van der Waals surface area (Å²) in [6.45, 7) is 6.84.